The van der Waals surface area contributed by atoms with Gasteiger partial charge < -0.3 is 0 Å². The Kier molecular flexibility index (Phi) is 4.21. The van der Waals surface area contributed by atoms with Crippen molar-refractivity contribution in [3.8, 4) is 0 Å². The standard InChI is InChI=1S/C9H12BrNO4S2/c1-7-5-8(10)3-4-9(7)11-17(14,15)6-16(2,12)13/h3-5,11H,6H2,1-2H3. The number of aryl methyl sites for hydroxylation is 1. The normalized spacial score (nSPS) is 12.4. The van der Waals surface area contributed by atoms with Crippen LogP contribution >= 0.6 is 15.9 Å². The van der Waals surface area contributed by atoms with Crippen molar-refractivity contribution in [3.05, 3.63) is 28.2 Å². The number of hydrogen-bond donors (Lipinski definition) is 1. The second kappa shape index (κ2) is 4.95. The van der Waals surface area contributed by atoms with Gasteiger partial charge in [-0.1, -0.05) is 15.9 Å². The SMILES string of the molecule is Cc1cc(Br)ccc1NS(=O)(=O)CS(C)(=O)=O. The fraction of sp³-hybridized carbons (Fsp3) is 0.333. The molecular weight excluding hydrogens is 330 g/mol. The smallest absolute Gasteiger partial charge is 0.247 e. The average Bonchev–Trinajstić information content (AvgIpc) is 2.05. The third-order valence-corrected chi connectivity index (χ3v) is 5.80. The quantitative estimate of drug-likeness (QED) is 0.899. The van der Waals surface area contributed by atoms with Crippen LogP contribution in [0.3, 0.4) is 0 Å². The molecule has 0 radical (unpaired) electrons. The van der Waals surface area contributed by atoms with Crippen LogP contribution in [0.15, 0.2) is 22.7 Å². The molecule has 0 fully saturated rings. The second-order valence-electron chi connectivity index (χ2n) is 3.72. The number of hydrogen-bond acceptors (Lipinski definition) is 4. The first-order valence-electron chi connectivity index (χ1n) is 4.53. The minimum Gasteiger partial charge on any atom is -0.282 e. The fourth-order valence-corrected chi connectivity index (χ4v) is 4.75. The molecule has 0 spiro atoms. The fourth-order valence-electron chi connectivity index (χ4n) is 1.22. The average molecular weight is 342 g/mol. The van der Waals surface area contributed by atoms with E-state index in [4.69, 9.17) is 0 Å². The van der Waals surface area contributed by atoms with Crippen molar-refractivity contribution in [2.24, 2.45) is 0 Å². The Morgan fingerprint density at radius 1 is 1.24 bits per heavy atom. The van der Waals surface area contributed by atoms with E-state index in [0.29, 0.717) is 11.3 Å². The topological polar surface area (TPSA) is 80.3 Å². The van der Waals surface area contributed by atoms with Crippen molar-refractivity contribution in [3.63, 3.8) is 0 Å². The Morgan fingerprint density at radius 2 is 1.82 bits per heavy atom. The Labute approximate surface area is 109 Å². The van der Waals surface area contributed by atoms with Crippen LogP contribution in [0.4, 0.5) is 5.69 Å². The van der Waals surface area contributed by atoms with Crippen LogP contribution in [0.5, 0.6) is 0 Å². The Morgan fingerprint density at radius 3 is 2.29 bits per heavy atom. The summed E-state index contributed by atoms with van der Waals surface area (Å²) >= 11 is 3.25. The van der Waals surface area contributed by atoms with Crippen LogP contribution in [-0.4, -0.2) is 28.2 Å². The van der Waals surface area contributed by atoms with Crippen LogP contribution in [0.1, 0.15) is 5.56 Å². The van der Waals surface area contributed by atoms with Gasteiger partial charge in [0.1, 0.15) is 0 Å². The Bertz CT molecular complexity index is 622. The lowest BCUT2D eigenvalue weighted by atomic mass is 10.2. The van der Waals surface area contributed by atoms with Crippen molar-refractivity contribution >= 4 is 41.5 Å². The number of anilines is 1. The summed E-state index contributed by atoms with van der Waals surface area (Å²) in [7, 11) is -7.46. The number of halogens is 1. The highest BCUT2D eigenvalue weighted by molar-refractivity contribution is 9.10. The van der Waals surface area contributed by atoms with Gasteiger partial charge in [0.2, 0.25) is 10.0 Å². The summed E-state index contributed by atoms with van der Waals surface area (Å²) in [5, 5.41) is -0.921. The first kappa shape index (κ1) is 14.5. The lowest BCUT2D eigenvalue weighted by molar-refractivity contribution is 0.595. The van der Waals surface area contributed by atoms with Gasteiger partial charge >= 0.3 is 0 Å². The minimum atomic E-state index is -3.88. The second-order valence-corrected chi connectivity index (χ2v) is 8.86. The van der Waals surface area contributed by atoms with Gasteiger partial charge in [-0.3, -0.25) is 4.72 Å². The van der Waals surface area contributed by atoms with Gasteiger partial charge in [-0.2, -0.15) is 0 Å². The molecule has 8 heteroatoms. The molecule has 0 aliphatic heterocycles. The molecule has 0 saturated carbocycles. The van der Waals surface area contributed by atoms with E-state index in [9.17, 15) is 16.8 Å². The van der Waals surface area contributed by atoms with E-state index in [1.807, 2.05) is 0 Å². The lowest BCUT2D eigenvalue weighted by Crippen LogP contribution is -2.22. The van der Waals surface area contributed by atoms with Gasteiger partial charge in [-0.15, -0.1) is 0 Å². The zero-order valence-corrected chi connectivity index (χ0v) is 12.5. The molecule has 0 saturated heterocycles. The molecule has 0 aliphatic carbocycles. The summed E-state index contributed by atoms with van der Waals surface area (Å²) in [6.45, 7) is 1.73. The number of nitrogens with one attached hydrogen (secondary N) is 1. The number of rotatable bonds is 4. The maximum absolute atomic E-state index is 11.6. The summed E-state index contributed by atoms with van der Waals surface area (Å²) in [4.78, 5) is 0. The Hall–Kier alpha value is -0.600. The molecule has 1 N–H and O–H groups in total. The van der Waals surface area contributed by atoms with E-state index in [2.05, 4.69) is 20.7 Å². The minimum absolute atomic E-state index is 0.372. The van der Waals surface area contributed by atoms with Crippen LogP contribution in [0.25, 0.3) is 0 Å². The van der Waals surface area contributed by atoms with Crippen LogP contribution in [0.2, 0.25) is 0 Å². The van der Waals surface area contributed by atoms with Gasteiger partial charge in [-0.05, 0) is 30.7 Å². The zero-order chi connectivity index (χ0) is 13.3. The van der Waals surface area contributed by atoms with Crippen LogP contribution < -0.4 is 4.72 Å². The molecule has 0 amide bonds. The highest BCUT2D eigenvalue weighted by Gasteiger charge is 2.18. The van der Waals surface area contributed by atoms with Crippen molar-refractivity contribution in [2.75, 3.05) is 16.1 Å². The third-order valence-electron chi connectivity index (χ3n) is 1.82. The monoisotopic (exact) mass is 341 g/mol. The van der Waals surface area contributed by atoms with Gasteiger partial charge in [0.25, 0.3) is 0 Å². The van der Waals surface area contributed by atoms with Crippen molar-refractivity contribution in [2.45, 2.75) is 6.92 Å². The predicted octanol–water partition coefficient (Wildman–Crippen LogP) is 1.50. The molecule has 0 bridgehead atoms. The maximum Gasteiger partial charge on any atom is 0.247 e. The largest absolute Gasteiger partial charge is 0.282 e. The molecular formula is C9H12BrNO4S2. The van der Waals surface area contributed by atoms with Gasteiger partial charge in [0, 0.05) is 10.7 Å². The molecule has 0 heterocycles. The predicted molar refractivity (Wildman–Crippen MR) is 71.1 cm³/mol. The summed E-state index contributed by atoms with van der Waals surface area (Å²) in [6.07, 6.45) is 0.876. The molecule has 1 aromatic rings. The van der Waals surface area contributed by atoms with Crippen molar-refractivity contribution in [1.82, 2.24) is 0 Å². The summed E-state index contributed by atoms with van der Waals surface area (Å²) in [5.41, 5.74) is 1.08. The van der Waals surface area contributed by atoms with E-state index in [-0.39, 0.29) is 0 Å². The van der Waals surface area contributed by atoms with Crippen LogP contribution in [0, 0.1) is 6.92 Å². The van der Waals surface area contributed by atoms with E-state index in [1.54, 1.807) is 25.1 Å². The van der Waals surface area contributed by atoms with Crippen molar-refractivity contribution in [1.29, 1.82) is 0 Å². The lowest BCUT2D eigenvalue weighted by Gasteiger charge is -2.09. The molecule has 17 heavy (non-hydrogen) atoms. The summed E-state index contributed by atoms with van der Waals surface area (Å²) in [5.74, 6) is 0. The van der Waals surface area contributed by atoms with Crippen molar-refractivity contribution < 1.29 is 16.8 Å². The number of sulfone groups is 1. The third kappa shape index (κ3) is 5.05. The first-order valence-corrected chi connectivity index (χ1v) is 9.04. The highest BCUT2D eigenvalue weighted by atomic mass is 79.9. The summed E-state index contributed by atoms with van der Waals surface area (Å²) in [6, 6.07) is 4.98. The number of benzene rings is 1. The molecule has 0 atom stereocenters. The van der Waals surface area contributed by atoms with Gasteiger partial charge in [-0.25, -0.2) is 16.8 Å². The molecule has 0 unspecified atom stereocenters. The van der Waals surface area contributed by atoms with E-state index in [1.165, 1.54) is 0 Å². The van der Waals surface area contributed by atoms with E-state index in [0.717, 1.165) is 10.7 Å². The number of sulfonamides is 1. The summed E-state index contributed by atoms with van der Waals surface area (Å²) < 4.78 is 48.1. The maximum atomic E-state index is 11.6. The molecule has 1 rings (SSSR count). The highest BCUT2D eigenvalue weighted by Crippen LogP contribution is 2.21. The molecule has 1 aromatic carbocycles. The zero-order valence-electron chi connectivity index (χ0n) is 9.27. The van der Waals surface area contributed by atoms with Gasteiger partial charge in [0.05, 0.1) is 5.69 Å². The molecule has 5 nitrogen and oxygen atoms in total. The van der Waals surface area contributed by atoms with E-state index >= 15 is 0 Å². The Balaban J connectivity index is 2.99. The first-order chi connectivity index (χ1) is 7.59. The van der Waals surface area contributed by atoms with Gasteiger partial charge in [0.15, 0.2) is 14.9 Å². The molecule has 96 valence electrons. The molecule has 0 aliphatic rings. The molecule has 0 aromatic heterocycles. The van der Waals surface area contributed by atoms with E-state index < -0.39 is 24.9 Å². The van der Waals surface area contributed by atoms with Crippen LogP contribution in [-0.2, 0) is 19.9 Å².